The number of aromatic nitrogens is 2. The molecule has 0 saturated carbocycles. The highest BCUT2D eigenvalue weighted by Crippen LogP contribution is 1.95. The van der Waals surface area contributed by atoms with Gasteiger partial charge in [0.1, 0.15) is 13.2 Å². The number of pyridine rings is 2. The minimum Gasteiger partial charge on any atom is -0.350 e. The van der Waals surface area contributed by atoms with E-state index in [2.05, 4.69) is 30.3 Å². The van der Waals surface area contributed by atoms with E-state index in [0.717, 1.165) is 0 Å². The summed E-state index contributed by atoms with van der Waals surface area (Å²) in [5.41, 5.74) is 0.803. The van der Waals surface area contributed by atoms with Gasteiger partial charge >= 0.3 is 0 Å². The molecule has 2 aromatic heterocycles. The van der Waals surface area contributed by atoms with Crippen molar-refractivity contribution in [3.63, 3.8) is 0 Å². The smallest absolute Gasteiger partial charge is 0.294 e. The van der Waals surface area contributed by atoms with Gasteiger partial charge in [-0.15, -0.1) is 20.2 Å². The van der Waals surface area contributed by atoms with Crippen LogP contribution in [0.25, 0.3) is 0 Å². The zero-order valence-corrected chi connectivity index (χ0v) is 15.5. The van der Waals surface area contributed by atoms with Crippen molar-refractivity contribution < 1.29 is 29.4 Å². The van der Waals surface area contributed by atoms with Gasteiger partial charge in [-0.05, 0) is 24.3 Å². The third-order valence-electron chi connectivity index (χ3n) is 3.02. The number of carbonyl (C=O) groups is 2. The van der Waals surface area contributed by atoms with Gasteiger partial charge in [0.15, 0.2) is 0 Å². The fraction of sp³-hybridized carbons (Fsp3) is 0.250. The van der Waals surface area contributed by atoms with Crippen LogP contribution in [-0.4, -0.2) is 58.3 Å². The first kappa shape index (κ1) is 23.7. The maximum Gasteiger partial charge on any atom is 0.294 e. The van der Waals surface area contributed by atoms with Gasteiger partial charge in [-0.25, -0.2) is 0 Å². The zero-order valence-electron chi connectivity index (χ0n) is 15.5. The third kappa shape index (κ3) is 10.7. The molecule has 30 heavy (non-hydrogen) atoms. The van der Waals surface area contributed by atoms with Gasteiger partial charge in [0.05, 0.1) is 11.1 Å². The normalized spacial score (nSPS) is 9.33. The summed E-state index contributed by atoms with van der Waals surface area (Å²) in [6.45, 7) is -0.179. The van der Waals surface area contributed by atoms with E-state index >= 15 is 0 Å². The summed E-state index contributed by atoms with van der Waals surface area (Å²) in [7, 11) is 0. The topological polar surface area (TPSA) is 189 Å². The molecule has 0 spiro atoms. The van der Waals surface area contributed by atoms with Crippen molar-refractivity contribution in [1.82, 2.24) is 20.6 Å². The monoisotopic (exact) mass is 422 g/mol. The maximum absolute atomic E-state index is 11.3. The van der Waals surface area contributed by atoms with Crippen LogP contribution in [0.4, 0.5) is 0 Å². The second-order valence-corrected chi connectivity index (χ2v) is 5.11. The Hall–Kier alpha value is -4.36. The Kier molecular flexibility index (Phi) is 10.9. The number of nitrogens with one attached hydrogen (secondary N) is 2. The minimum absolute atomic E-state index is 0.0781. The molecule has 0 unspecified atom stereocenters. The molecule has 2 N–H and O–H groups in total. The molecule has 2 heterocycles. The average molecular weight is 422 g/mol. The van der Waals surface area contributed by atoms with Crippen molar-refractivity contribution in [3.8, 4) is 0 Å². The number of carbonyl (C=O) groups excluding carboxylic acids is 2. The Bertz CT molecular complexity index is 751. The van der Waals surface area contributed by atoms with Crippen LogP contribution in [0.15, 0.2) is 49.1 Å². The molecular weight excluding hydrogens is 404 g/mol. The van der Waals surface area contributed by atoms with E-state index in [4.69, 9.17) is 0 Å². The lowest BCUT2D eigenvalue weighted by atomic mass is 10.3. The number of nitrogens with zero attached hydrogens (tertiary/aromatic N) is 4. The van der Waals surface area contributed by atoms with E-state index in [1.54, 1.807) is 36.7 Å². The first-order chi connectivity index (χ1) is 14.4. The van der Waals surface area contributed by atoms with Gasteiger partial charge in [-0.2, -0.15) is 0 Å². The zero-order chi connectivity index (χ0) is 22.2. The largest absolute Gasteiger partial charge is 0.350 e. The van der Waals surface area contributed by atoms with Crippen LogP contribution in [0.5, 0.6) is 0 Å². The van der Waals surface area contributed by atoms with Crippen molar-refractivity contribution in [2.75, 3.05) is 26.3 Å². The van der Waals surface area contributed by atoms with Crippen molar-refractivity contribution >= 4 is 11.8 Å². The molecule has 0 saturated heterocycles. The molecule has 14 nitrogen and oxygen atoms in total. The molecule has 2 aromatic rings. The first-order valence-corrected chi connectivity index (χ1v) is 8.31. The lowest BCUT2D eigenvalue weighted by Crippen LogP contribution is -2.27. The van der Waals surface area contributed by atoms with Gasteiger partial charge in [0.2, 0.25) is 0 Å². The van der Waals surface area contributed by atoms with Crippen LogP contribution in [0, 0.1) is 20.2 Å². The lowest BCUT2D eigenvalue weighted by molar-refractivity contribution is -0.757. The summed E-state index contributed by atoms with van der Waals surface area (Å²) in [6.07, 6.45) is 5.91. The molecule has 0 aliphatic carbocycles. The maximum atomic E-state index is 11.3. The Labute approximate surface area is 169 Å². The fourth-order valence-corrected chi connectivity index (χ4v) is 1.77. The molecule has 2 rings (SSSR count). The first-order valence-electron chi connectivity index (χ1n) is 8.31. The number of hydrogen-bond acceptors (Lipinski definition) is 10. The lowest BCUT2D eigenvalue weighted by Gasteiger charge is -2.03. The Morgan fingerprint density at radius 2 is 1.23 bits per heavy atom. The van der Waals surface area contributed by atoms with Gasteiger partial charge in [-0.3, -0.25) is 19.6 Å². The fourth-order valence-electron chi connectivity index (χ4n) is 1.77. The van der Waals surface area contributed by atoms with Crippen molar-refractivity contribution in [3.05, 3.63) is 80.4 Å². The molecule has 14 heteroatoms. The molecule has 0 aromatic carbocycles. The average Bonchev–Trinajstić information content (AvgIpc) is 2.75. The van der Waals surface area contributed by atoms with Gasteiger partial charge in [0.25, 0.3) is 22.0 Å². The number of hydrogen-bond donors (Lipinski definition) is 2. The van der Waals surface area contributed by atoms with E-state index in [0.29, 0.717) is 11.1 Å². The van der Waals surface area contributed by atoms with Gasteiger partial charge in [0, 0.05) is 37.9 Å². The SMILES string of the molecule is O=C(NCCO[N+](=O)[O-])c1cccnc1.O=C(NCCO[N+](=O)[O-])c1cccnc1. The van der Waals surface area contributed by atoms with Crippen molar-refractivity contribution in [1.29, 1.82) is 0 Å². The highest BCUT2D eigenvalue weighted by molar-refractivity contribution is 5.94. The summed E-state index contributed by atoms with van der Waals surface area (Å²) in [5, 5.41) is 22.6. The molecule has 2 amide bonds. The van der Waals surface area contributed by atoms with Crippen molar-refractivity contribution in [2.45, 2.75) is 0 Å². The summed E-state index contributed by atoms with van der Waals surface area (Å²) in [5.74, 6) is -0.676. The Balaban J connectivity index is 0.000000300. The summed E-state index contributed by atoms with van der Waals surface area (Å²) >= 11 is 0. The summed E-state index contributed by atoms with van der Waals surface area (Å²) < 4.78 is 0. The minimum atomic E-state index is -0.907. The molecule has 0 aliphatic heterocycles. The molecule has 0 fully saturated rings. The number of rotatable bonds is 10. The molecular formula is C16H18N6O8. The molecule has 0 aliphatic rings. The number of amides is 2. The van der Waals surface area contributed by atoms with E-state index in [1.807, 2.05) is 0 Å². The van der Waals surface area contributed by atoms with Crippen LogP contribution in [0.3, 0.4) is 0 Å². The quantitative estimate of drug-likeness (QED) is 0.300. The predicted octanol–water partition coefficient (Wildman–Crippen LogP) is 0.0394. The van der Waals surface area contributed by atoms with Crippen molar-refractivity contribution in [2.24, 2.45) is 0 Å². The van der Waals surface area contributed by atoms with Crippen LogP contribution < -0.4 is 10.6 Å². The van der Waals surface area contributed by atoms with Crippen LogP contribution in [0.1, 0.15) is 20.7 Å². The van der Waals surface area contributed by atoms with Crippen LogP contribution in [0.2, 0.25) is 0 Å². The molecule has 0 atom stereocenters. The highest BCUT2D eigenvalue weighted by atomic mass is 17.0. The highest BCUT2D eigenvalue weighted by Gasteiger charge is 2.05. The Morgan fingerprint density at radius 3 is 1.53 bits per heavy atom. The van der Waals surface area contributed by atoms with Gasteiger partial charge in [-0.1, -0.05) is 0 Å². The van der Waals surface area contributed by atoms with E-state index < -0.39 is 10.2 Å². The van der Waals surface area contributed by atoms with Gasteiger partial charge < -0.3 is 20.3 Å². The van der Waals surface area contributed by atoms with E-state index in [1.165, 1.54) is 12.4 Å². The molecule has 160 valence electrons. The summed E-state index contributed by atoms with van der Waals surface area (Å²) in [4.78, 5) is 57.7. The van der Waals surface area contributed by atoms with Crippen LogP contribution in [-0.2, 0) is 9.68 Å². The predicted molar refractivity (Wildman–Crippen MR) is 99.0 cm³/mol. The second-order valence-electron chi connectivity index (χ2n) is 5.11. The summed E-state index contributed by atoms with van der Waals surface area (Å²) in [6, 6.07) is 6.44. The standard InChI is InChI=1S/2C8H9N3O4/c2*12-8(7-2-1-3-9-6-7)10-4-5-15-11(13)14/h2*1-3,6H,4-5H2,(H,10,12). The second kappa shape index (κ2) is 13.8. The van der Waals surface area contributed by atoms with Crippen LogP contribution >= 0.6 is 0 Å². The molecule has 0 radical (unpaired) electrons. The Morgan fingerprint density at radius 1 is 0.833 bits per heavy atom. The molecule has 0 bridgehead atoms. The van der Waals surface area contributed by atoms with E-state index in [-0.39, 0.29) is 38.1 Å². The van der Waals surface area contributed by atoms with E-state index in [9.17, 15) is 29.8 Å². The third-order valence-corrected chi connectivity index (χ3v) is 3.02.